The topological polar surface area (TPSA) is 43.4 Å². The molecule has 1 saturated carbocycles. The van der Waals surface area contributed by atoms with Crippen molar-refractivity contribution in [1.29, 1.82) is 0 Å². The smallest absolute Gasteiger partial charge is 0.166 e. The van der Waals surface area contributed by atoms with Gasteiger partial charge in [-0.25, -0.2) is 0 Å². The summed E-state index contributed by atoms with van der Waals surface area (Å²) in [6.07, 6.45) is 2.69. The molecule has 1 fully saturated rings. The van der Waals surface area contributed by atoms with Gasteiger partial charge in [0.05, 0.1) is 7.11 Å². The first-order valence-electron chi connectivity index (χ1n) is 6.44. The largest absolute Gasteiger partial charge is 0.497 e. The normalized spacial score (nSPS) is 26.5. The lowest BCUT2D eigenvalue weighted by Gasteiger charge is -2.14. The lowest BCUT2D eigenvalue weighted by Crippen LogP contribution is -2.12. The zero-order chi connectivity index (χ0) is 12.7. The van der Waals surface area contributed by atoms with Crippen LogP contribution in [0.15, 0.2) is 18.2 Å². The maximum atomic E-state index is 12.4. The third kappa shape index (κ3) is 1.65. The lowest BCUT2D eigenvalue weighted by atomic mass is 9.88. The van der Waals surface area contributed by atoms with Gasteiger partial charge < -0.3 is 4.74 Å². The van der Waals surface area contributed by atoms with Gasteiger partial charge in [-0.1, -0.05) is 6.07 Å². The van der Waals surface area contributed by atoms with E-state index in [1.54, 1.807) is 7.11 Å². The van der Waals surface area contributed by atoms with Crippen LogP contribution in [-0.2, 0) is 4.79 Å². The number of rotatable bonds is 1. The van der Waals surface area contributed by atoms with Gasteiger partial charge >= 0.3 is 0 Å². The Balaban J connectivity index is 2.02. The van der Waals surface area contributed by atoms with E-state index in [0.717, 1.165) is 23.3 Å². The SMILES string of the molecule is COc1ccc2c(c1)C(=O)C1CCC(=O)CC[C@H]21. The molecule has 3 nitrogen and oxygen atoms in total. The third-order valence-corrected chi connectivity index (χ3v) is 4.22. The lowest BCUT2D eigenvalue weighted by molar-refractivity contribution is -0.118. The quantitative estimate of drug-likeness (QED) is 0.763. The molecule has 0 bridgehead atoms. The van der Waals surface area contributed by atoms with Crippen molar-refractivity contribution in [1.82, 2.24) is 0 Å². The fraction of sp³-hybridized carbons (Fsp3) is 0.467. The molecule has 0 heterocycles. The Labute approximate surface area is 106 Å². The van der Waals surface area contributed by atoms with Crippen LogP contribution in [0, 0.1) is 5.92 Å². The third-order valence-electron chi connectivity index (χ3n) is 4.22. The van der Waals surface area contributed by atoms with E-state index in [4.69, 9.17) is 4.74 Å². The minimum absolute atomic E-state index is 0.0126. The van der Waals surface area contributed by atoms with E-state index in [-0.39, 0.29) is 17.6 Å². The molecule has 0 aromatic heterocycles. The van der Waals surface area contributed by atoms with Crippen molar-refractivity contribution in [2.24, 2.45) is 5.92 Å². The summed E-state index contributed by atoms with van der Waals surface area (Å²) < 4.78 is 5.18. The van der Waals surface area contributed by atoms with E-state index >= 15 is 0 Å². The number of fused-ring (bicyclic) bond motifs is 3. The van der Waals surface area contributed by atoms with Crippen molar-refractivity contribution in [2.45, 2.75) is 31.6 Å². The van der Waals surface area contributed by atoms with Crippen molar-refractivity contribution in [3.63, 3.8) is 0 Å². The number of benzene rings is 1. The first kappa shape index (κ1) is 11.5. The average molecular weight is 244 g/mol. The summed E-state index contributed by atoms with van der Waals surface area (Å²) in [5, 5.41) is 0. The predicted molar refractivity (Wildman–Crippen MR) is 67.0 cm³/mol. The van der Waals surface area contributed by atoms with Crippen LogP contribution in [-0.4, -0.2) is 18.7 Å². The van der Waals surface area contributed by atoms with Gasteiger partial charge in [0, 0.05) is 24.3 Å². The molecular formula is C15H16O3. The second-order valence-electron chi connectivity index (χ2n) is 5.15. The number of hydrogen-bond acceptors (Lipinski definition) is 3. The van der Waals surface area contributed by atoms with Gasteiger partial charge in [0.15, 0.2) is 5.78 Å². The molecule has 3 rings (SSSR count). The zero-order valence-corrected chi connectivity index (χ0v) is 10.4. The highest BCUT2D eigenvalue weighted by molar-refractivity contribution is 6.04. The first-order chi connectivity index (χ1) is 8.70. The number of Topliss-reactive ketones (excluding diaryl/α,β-unsaturated/α-hetero) is 2. The van der Waals surface area contributed by atoms with E-state index < -0.39 is 0 Å². The number of carbonyl (C=O) groups excluding carboxylic acids is 2. The van der Waals surface area contributed by atoms with Gasteiger partial charge in [0.1, 0.15) is 11.5 Å². The molecule has 1 aromatic rings. The Hall–Kier alpha value is -1.64. The second kappa shape index (κ2) is 4.23. The van der Waals surface area contributed by atoms with Gasteiger partial charge in [0.2, 0.25) is 0 Å². The van der Waals surface area contributed by atoms with E-state index in [1.165, 1.54) is 0 Å². The van der Waals surface area contributed by atoms with Gasteiger partial charge in [-0.05, 0) is 36.5 Å². The van der Waals surface area contributed by atoms with Crippen LogP contribution >= 0.6 is 0 Å². The number of ketones is 2. The summed E-state index contributed by atoms with van der Waals surface area (Å²) in [5.74, 6) is 1.48. The van der Waals surface area contributed by atoms with Gasteiger partial charge in [0.25, 0.3) is 0 Å². The summed E-state index contributed by atoms with van der Waals surface area (Å²) in [7, 11) is 1.61. The molecule has 0 saturated heterocycles. The Morgan fingerprint density at radius 1 is 1.11 bits per heavy atom. The zero-order valence-electron chi connectivity index (χ0n) is 10.4. The summed E-state index contributed by atoms with van der Waals surface area (Å²) in [6, 6.07) is 5.74. The molecule has 0 radical (unpaired) electrons. The van der Waals surface area contributed by atoms with Gasteiger partial charge in [-0.15, -0.1) is 0 Å². The van der Waals surface area contributed by atoms with Crippen molar-refractivity contribution in [3.8, 4) is 5.75 Å². The Kier molecular flexibility index (Phi) is 2.69. The number of methoxy groups -OCH3 is 1. The fourth-order valence-corrected chi connectivity index (χ4v) is 3.25. The molecule has 0 amide bonds. The summed E-state index contributed by atoms with van der Waals surface area (Å²) in [5.41, 5.74) is 1.92. The van der Waals surface area contributed by atoms with Crippen LogP contribution in [0.4, 0.5) is 0 Å². The molecule has 94 valence electrons. The highest BCUT2D eigenvalue weighted by Crippen LogP contribution is 2.45. The van der Waals surface area contributed by atoms with Crippen LogP contribution < -0.4 is 4.74 Å². The van der Waals surface area contributed by atoms with Crippen LogP contribution in [0.1, 0.15) is 47.5 Å². The molecular weight excluding hydrogens is 228 g/mol. The molecule has 18 heavy (non-hydrogen) atoms. The van der Waals surface area contributed by atoms with Crippen molar-refractivity contribution in [3.05, 3.63) is 29.3 Å². The average Bonchev–Trinajstić information content (AvgIpc) is 2.53. The predicted octanol–water partition coefficient (Wildman–Crippen LogP) is 2.73. The summed E-state index contributed by atoms with van der Waals surface area (Å²) in [4.78, 5) is 23.9. The fourth-order valence-electron chi connectivity index (χ4n) is 3.25. The first-order valence-corrected chi connectivity index (χ1v) is 6.44. The highest BCUT2D eigenvalue weighted by Gasteiger charge is 2.41. The Bertz CT molecular complexity index is 518. The maximum Gasteiger partial charge on any atom is 0.166 e. The standard InChI is InChI=1S/C15H16O3/c1-18-10-4-7-12-11-5-2-9(16)3-6-13(11)15(17)14(12)8-10/h4,7-8,11,13H,2-3,5-6H2,1H3/t11-,13?/m1/s1. The summed E-state index contributed by atoms with van der Waals surface area (Å²) in [6.45, 7) is 0. The molecule has 2 aliphatic rings. The molecule has 3 heteroatoms. The van der Waals surface area contributed by atoms with Crippen LogP contribution in [0.5, 0.6) is 5.75 Å². The second-order valence-corrected chi connectivity index (χ2v) is 5.15. The highest BCUT2D eigenvalue weighted by atomic mass is 16.5. The molecule has 2 atom stereocenters. The van der Waals surface area contributed by atoms with E-state index in [0.29, 0.717) is 25.0 Å². The molecule has 0 spiro atoms. The summed E-state index contributed by atoms with van der Waals surface area (Å²) >= 11 is 0. The molecule has 2 aliphatic carbocycles. The minimum Gasteiger partial charge on any atom is -0.497 e. The number of carbonyl (C=O) groups is 2. The number of hydrogen-bond donors (Lipinski definition) is 0. The van der Waals surface area contributed by atoms with Crippen LogP contribution in [0.25, 0.3) is 0 Å². The van der Waals surface area contributed by atoms with Crippen LogP contribution in [0.3, 0.4) is 0 Å². The van der Waals surface area contributed by atoms with Gasteiger partial charge in [-0.2, -0.15) is 0 Å². The monoisotopic (exact) mass is 244 g/mol. The molecule has 0 aliphatic heterocycles. The van der Waals surface area contributed by atoms with Crippen molar-refractivity contribution < 1.29 is 14.3 Å². The minimum atomic E-state index is 0.0126. The molecule has 1 aromatic carbocycles. The van der Waals surface area contributed by atoms with E-state index in [1.807, 2.05) is 18.2 Å². The van der Waals surface area contributed by atoms with Crippen molar-refractivity contribution >= 4 is 11.6 Å². The maximum absolute atomic E-state index is 12.4. The Morgan fingerprint density at radius 2 is 1.83 bits per heavy atom. The molecule has 0 N–H and O–H groups in total. The van der Waals surface area contributed by atoms with Gasteiger partial charge in [-0.3, -0.25) is 9.59 Å². The Morgan fingerprint density at radius 3 is 2.56 bits per heavy atom. The number of ether oxygens (including phenoxy) is 1. The molecule has 1 unspecified atom stereocenters. The van der Waals surface area contributed by atoms with Crippen LogP contribution in [0.2, 0.25) is 0 Å². The van der Waals surface area contributed by atoms with E-state index in [9.17, 15) is 9.59 Å². The van der Waals surface area contributed by atoms with Crippen molar-refractivity contribution in [2.75, 3.05) is 7.11 Å². The van der Waals surface area contributed by atoms with E-state index in [2.05, 4.69) is 0 Å².